The van der Waals surface area contributed by atoms with Gasteiger partial charge in [-0.1, -0.05) is 29.9 Å². The van der Waals surface area contributed by atoms with E-state index in [0.717, 1.165) is 27.9 Å². The standard InChI is InChI=1S/C22H27N5O2/c1-6-7-8-14(4)11-18-20(21(23)27(25-18)15(5)28)16-9-10-19-17(12-16)24-22(29)26(19)13(2)3/h6-10,12-13H,11,23H2,1-5H3,(H,24,29)/b7-6-,14-8+. The molecule has 0 aliphatic rings. The van der Waals surface area contributed by atoms with Gasteiger partial charge in [0.15, 0.2) is 0 Å². The van der Waals surface area contributed by atoms with Crippen LogP contribution in [0.5, 0.6) is 0 Å². The first kappa shape index (κ1) is 20.4. The van der Waals surface area contributed by atoms with Crippen molar-refractivity contribution in [2.24, 2.45) is 0 Å². The number of aromatic nitrogens is 4. The molecule has 3 rings (SSSR count). The number of allylic oxidation sites excluding steroid dienone is 4. The van der Waals surface area contributed by atoms with Crippen LogP contribution in [0, 0.1) is 0 Å². The van der Waals surface area contributed by atoms with Gasteiger partial charge in [0.05, 0.1) is 16.7 Å². The van der Waals surface area contributed by atoms with Crippen LogP contribution in [-0.2, 0) is 6.42 Å². The Morgan fingerprint density at radius 2 is 2.03 bits per heavy atom. The minimum atomic E-state index is -0.245. The molecule has 0 saturated carbocycles. The van der Waals surface area contributed by atoms with Crippen LogP contribution >= 0.6 is 0 Å². The number of imidazole rings is 1. The molecule has 0 aliphatic heterocycles. The molecule has 3 N–H and O–H groups in total. The first-order valence-electron chi connectivity index (χ1n) is 9.66. The van der Waals surface area contributed by atoms with Crippen LogP contribution in [0.25, 0.3) is 22.2 Å². The molecule has 2 heterocycles. The van der Waals surface area contributed by atoms with E-state index in [4.69, 9.17) is 5.73 Å². The van der Waals surface area contributed by atoms with Gasteiger partial charge < -0.3 is 10.7 Å². The van der Waals surface area contributed by atoms with Crippen LogP contribution in [0.15, 0.2) is 46.8 Å². The fourth-order valence-electron chi connectivity index (χ4n) is 3.54. The van der Waals surface area contributed by atoms with Crippen molar-refractivity contribution in [2.45, 2.75) is 47.1 Å². The molecule has 7 nitrogen and oxygen atoms in total. The second kappa shape index (κ2) is 7.95. The van der Waals surface area contributed by atoms with Crippen molar-refractivity contribution >= 4 is 22.8 Å². The minimum Gasteiger partial charge on any atom is -0.383 e. The molecule has 29 heavy (non-hydrogen) atoms. The summed E-state index contributed by atoms with van der Waals surface area (Å²) in [5.74, 6) is 0.0573. The average Bonchev–Trinajstić information content (AvgIpc) is 3.15. The summed E-state index contributed by atoms with van der Waals surface area (Å²) in [6.07, 6.45) is 6.49. The summed E-state index contributed by atoms with van der Waals surface area (Å²) >= 11 is 0. The number of anilines is 1. The van der Waals surface area contributed by atoms with Gasteiger partial charge >= 0.3 is 5.69 Å². The van der Waals surface area contributed by atoms with Crippen molar-refractivity contribution in [3.05, 3.63) is 58.2 Å². The quantitative estimate of drug-likeness (QED) is 0.638. The number of aromatic amines is 1. The van der Waals surface area contributed by atoms with Gasteiger partial charge in [-0.15, -0.1) is 0 Å². The van der Waals surface area contributed by atoms with Crippen LogP contribution in [-0.4, -0.2) is 25.2 Å². The molecule has 2 aromatic heterocycles. The van der Waals surface area contributed by atoms with Crippen molar-refractivity contribution in [3.8, 4) is 11.1 Å². The molecule has 152 valence electrons. The predicted molar refractivity (Wildman–Crippen MR) is 117 cm³/mol. The Kier molecular flexibility index (Phi) is 5.59. The van der Waals surface area contributed by atoms with E-state index < -0.39 is 0 Å². The molecule has 0 atom stereocenters. The van der Waals surface area contributed by atoms with Gasteiger partial charge in [-0.25, -0.2) is 4.79 Å². The smallest absolute Gasteiger partial charge is 0.326 e. The molecule has 0 aliphatic carbocycles. The van der Waals surface area contributed by atoms with Crippen molar-refractivity contribution < 1.29 is 4.79 Å². The third-order valence-electron chi connectivity index (χ3n) is 4.83. The number of rotatable bonds is 5. The highest BCUT2D eigenvalue weighted by molar-refractivity contribution is 5.89. The number of H-pyrrole nitrogens is 1. The third-order valence-corrected chi connectivity index (χ3v) is 4.83. The average molecular weight is 393 g/mol. The van der Waals surface area contributed by atoms with E-state index in [1.54, 1.807) is 4.57 Å². The number of carbonyl (C=O) groups is 1. The maximum absolute atomic E-state index is 12.3. The maximum Gasteiger partial charge on any atom is 0.326 e. The molecule has 0 spiro atoms. The Balaban J connectivity index is 2.19. The first-order valence-corrected chi connectivity index (χ1v) is 9.66. The lowest BCUT2D eigenvalue weighted by Crippen LogP contribution is -2.18. The van der Waals surface area contributed by atoms with Gasteiger partial charge in [0.1, 0.15) is 5.82 Å². The van der Waals surface area contributed by atoms with E-state index in [1.165, 1.54) is 11.6 Å². The number of carbonyl (C=O) groups excluding carboxylic acids is 1. The Labute approximate surface area is 169 Å². The molecular formula is C22H27N5O2. The van der Waals surface area contributed by atoms with Crippen LogP contribution in [0.3, 0.4) is 0 Å². The van der Waals surface area contributed by atoms with Crippen LogP contribution < -0.4 is 11.4 Å². The Morgan fingerprint density at radius 3 is 2.66 bits per heavy atom. The minimum absolute atomic E-state index is 0.0441. The van der Waals surface area contributed by atoms with Gasteiger partial charge in [-0.05, 0) is 45.4 Å². The highest BCUT2D eigenvalue weighted by Gasteiger charge is 2.20. The summed E-state index contributed by atoms with van der Waals surface area (Å²) in [4.78, 5) is 27.2. The number of nitrogens with one attached hydrogen (secondary N) is 1. The third kappa shape index (κ3) is 3.81. The van der Waals surface area contributed by atoms with Crippen LogP contribution in [0.2, 0.25) is 0 Å². The van der Waals surface area contributed by atoms with Gasteiger partial charge in [-0.3, -0.25) is 9.36 Å². The second-order valence-electron chi connectivity index (χ2n) is 7.48. The zero-order valence-electron chi connectivity index (χ0n) is 17.5. The number of nitrogen functional groups attached to an aromatic ring is 1. The number of benzene rings is 1. The molecule has 0 bridgehead atoms. The molecule has 0 unspecified atom stereocenters. The number of hydrogen-bond donors (Lipinski definition) is 2. The van der Waals surface area contributed by atoms with Crippen LogP contribution in [0.1, 0.15) is 51.1 Å². The lowest BCUT2D eigenvalue weighted by molar-refractivity contribution is 0.0923. The van der Waals surface area contributed by atoms with Gasteiger partial charge in [-0.2, -0.15) is 9.78 Å². The lowest BCUT2D eigenvalue weighted by atomic mass is 10.0. The summed E-state index contributed by atoms with van der Waals surface area (Å²) in [5, 5.41) is 4.46. The summed E-state index contributed by atoms with van der Waals surface area (Å²) in [7, 11) is 0. The predicted octanol–water partition coefficient (Wildman–Crippen LogP) is 4.08. The lowest BCUT2D eigenvalue weighted by Gasteiger charge is -2.08. The number of fused-ring (bicyclic) bond motifs is 1. The molecule has 1 aromatic carbocycles. The van der Waals surface area contributed by atoms with Gasteiger partial charge in [0.25, 0.3) is 0 Å². The van der Waals surface area contributed by atoms with Crippen molar-refractivity contribution in [1.29, 1.82) is 0 Å². The monoisotopic (exact) mass is 393 g/mol. The topological polar surface area (TPSA) is 98.7 Å². The summed E-state index contributed by atoms with van der Waals surface area (Å²) in [5.41, 5.74) is 11.1. The summed E-state index contributed by atoms with van der Waals surface area (Å²) in [6.45, 7) is 9.33. The molecule has 0 fully saturated rings. The normalized spacial score (nSPS) is 12.6. The molecular weight excluding hydrogens is 366 g/mol. The van der Waals surface area contributed by atoms with E-state index >= 15 is 0 Å². The Bertz CT molecular complexity index is 1190. The van der Waals surface area contributed by atoms with Crippen molar-refractivity contribution in [3.63, 3.8) is 0 Å². The fourth-order valence-corrected chi connectivity index (χ4v) is 3.54. The van der Waals surface area contributed by atoms with Crippen molar-refractivity contribution in [2.75, 3.05) is 5.73 Å². The molecule has 0 radical (unpaired) electrons. The second-order valence-corrected chi connectivity index (χ2v) is 7.48. The maximum atomic E-state index is 12.3. The van der Waals surface area contributed by atoms with E-state index in [-0.39, 0.29) is 17.6 Å². The van der Waals surface area contributed by atoms with E-state index in [9.17, 15) is 9.59 Å². The number of nitrogens with two attached hydrogens (primary N) is 1. The molecule has 7 heteroatoms. The number of hydrogen-bond acceptors (Lipinski definition) is 4. The van der Waals surface area contributed by atoms with E-state index in [2.05, 4.69) is 10.1 Å². The van der Waals surface area contributed by atoms with Gasteiger partial charge in [0, 0.05) is 24.9 Å². The number of nitrogens with zero attached hydrogens (tertiary/aromatic N) is 3. The highest BCUT2D eigenvalue weighted by Crippen LogP contribution is 2.33. The summed E-state index contributed by atoms with van der Waals surface area (Å²) < 4.78 is 2.95. The molecule has 0 saturated heterocycles. The van der Waals surface area contributed by atoms with Crippen LogP contribution in [0.4, 0.5) is 5.82 Å². The first-order chi connectivity index (χ1) is 13.7. The highest BCUT2D eigenvalue weighted by atomic mass is 16.2. The summed E-state index contributed by atoms with van der Waals surface area (Å²) in [6, 6.07) is 5.75. The van der Waals surface area contributed by atoms with Crippen molar-refractivity contribution in [1.82, 2.24) is 19.3 Å². The molecule has 0 amide bonds. The largest absolute Gasteiger partial charge is 0.383 e. The zero-order chi connectivity index (χ0) is 21.3. The SMILES string of the molecule is C/C=C\C=C(/C)Cc1nn(C(C)=O)c(N)c1-c1ccc2c(c1)[nH]c(=O)n2C(C)C. The van der Waals surface area contributed by atoms with E-state index in [1.807, 2.05) is 64.1 Å². The zero-order valence-corrected chi connectivity index (χ0v) is 17.5. The van der Waals surface area contributed by atoms with E-state index in [0.29, 0.717) is 17.8 Å². The van der Waals surface area contributed by atoms with Gasteiger partial charge in [0.2, 0.25) is 5.91 Å². The molecule has 3 aromatic rings. The fraction of sp³-hybridized carbons (Fsp3) is 0.318. The Hall–Kier alpha value is -3.35. The Morgan fingerprint density at radius 1 is 1.31 bits per heavy atom.